The van der Waals surface area contributed by atoms with Gasteiger partial charge in [0.25, 0.3) is 0 Å². The van der Waals surface area contributed by atoms with Crippen molar-refractivity contribution in [1.82, 2.24) is 10.2 Å². The normalized spacial score (nSPS) is 17.8. The molecule has 0 aliphatic carbocycles. The van der Waals surface area contributed by atoms with Crippen LogP contribution in [0, 0.1) is 11.7 Å². The van der Waals surface area contributed by atoms with E-state index in [1.54, 1.807) is 24.1 Å². The zero-order chi connectivity index (χ0) is 15.9. The van der Waals surface area contributed by atoms with Crippen LogP contribution in [0.3, 0.4) is 0 Å². The van der Waals surface area contributed by atoms with Crippen LogP contribution in [0.25, 0.3) is 0 Å². The van der Waals surface area contributed by atoms with Gasteiger partial charge in [0.2, 0.25) is 11.8 Å². The Labute approximate surface area is 129 Å². The highest BCUT2D eigenvalue weighted by atomic mass is 19.1. The van der Waals surface area contributed by atoms with Crippen LogP contribution in [0.4, 0.5) is 4.39 Å². The first kappa shape index (κ1) is 16.4. The minimum Gasteiger partial charge on any atom is -0.385 e. The molecule has 22 heavy (non-hydrogen) atoms. The molecule has 1 fully saturated rings. The molecule has 1 heterocycles. The summed E-state index contributed by atoms with van der Waals surface area (Å²) < 4.78 is 17.8. The van der Waals surface area contributed by atoms with Crippen molar-refractivity contribution in [3.05, 3.63) is 35.6 Å². The second kappa shape index (κ2) is 7.89. The lowest BCUT2D eigenvalue weighted by molar-refractivity contribution is -0.129. The number of halogens is 1. The van der Waals surface area contributed by atoms with Crippen molar-refractivity contribution in [1.29, 1.82) is 0 Å². The van der Waals surface area contributed by atoms with Gasteiger partial charge < -0.3 is 15.0 Å². The molecule has 0 saturated carbocycles. The topological polar surface area (TPSA) is 58.6 Å². The van der Waals surface area contributed by atoms with E-state index >= 15 is 0 Å². The molecule has 1 aromatic carbocycles. The van der Waals surface area contributed by atoms with E-state index in [9.17, 15) is 14.0 Å². The minimum absolute atomic E-state index is 0.0404. The van der Waals surface area contributed by atoms with Gasteiger partial charge in [-0.2, -0.15) is 0 Å². The summed E-state index contributed by atoms with van der Waals surface area (Å²) >= 11 is 0. The molecule has 0 aromatic heterocycles. The summed E-state index contributed by atoms with van der Waals surface area (Å²) in [6.45, 7) is 1.97. The minimum atomic E-state index is -0.310. The van der Waals surface area contributed by atoms with Crippen LogP contribution in [-0.2, 0) is 20.9 Å². The average molecular weight is 308 g/mol. The van der Waals surface area contributed by atoms with Crippen molar-refractivity contribution in [3.63, 3.8) is 0 Å². The quantitative estimate of drug-likeness (QED) is 0.773. The lowest BCUT2D eigenvalue weighted by Gasteiger charge is -2.16. The Morgan fingerprint density at radius 1 is 1.41 bits per heavy atom. The van der Waals surface area contributed by atoms with Gasteiger partial charge in [0, 0.05) is 39.8 Å². The van der Waals surface area contributed by atoms with Gasteiger partial charge >= 0.3 is 0 Å². The van der Waals surface area contributed by atoms with E-state index in [2.05, 4.69) is 5.32 Å². The molecule has 5 nitrogen and oxygen atoms in total. The molecule has 0 bridgehead atoms. The molecule has 1 aliphatic heterocycles. The van der Waals surface area contributed by atoms with Crippen LogP contribution in [0.5, 0.6) is 0 Å². The third-order valence-electron chi connectivity index (χ3n) is 3.70. The number of carbonyl (C=O) groups excluding carboxylic acids is 2. The first-order valence-corrected chi connectivity index (χ1v) is 7.39. The molecule has 1 saturated heterocycles. The van der Waals surface area contributed by atoms with Crippen LogP contribution in [0.1, 0.15) is 18.4 Å². The van der Waals surface area contributed by atoms with Crippen LogP contribution in [-0.4, -0.2) is 43.5 Å². The van der Waals surface area contributed by atoms with E-state index in [1.165, 1.54) is 12.1 Å². The van der Waals surface area contributed by atoms with Gasteiger partial charge in [0.05, 0.1) is 5.92 Å². The molecule has 1 aliphatic rings. The number of amides is 2. The first-order valence-electron chi connectivity index (χ1n) is 7.39. The van der Waals surface area contributed by atoms with Crippen molar-refractivity contribution in [2.45, 2.75) is 19.4 Å². The zero-order valence-electron chi connectivity index (χ0n) is 12.7. The Hall–Kier alpha value is -1.95. The SMILES string of the molecule is COCCCNC(=O)C1CC(=O)N(Cc2ccc(F)cc2)C1. The highest BCUT2D eigenvalue weighted by molar-refractivity contribution is 5.89. The number of hydrogen-bond donors (Lipinski definition) is 1. The summed E-state index contributed by atoms with van der Waals surface area (Å²) in [7, 11) is 1.62. The molecule has 2 amide bonds. The molecule has 0 radical (unpaired) electrons. The van der Waals surface area contributed by atoms with Crippen LogP contribution in [0.15, 0.2) is 24.3 Å². The standard InChI is InChI=1S/C16H21FN2O3/c1-22-8-2-7-18-16(21)13-9-15(20)19(11-13)10-12-3-5-14(17)6-4-12/h3-6,13H,2,7-11H2,1H3,(H,18,21). The van der Waals surface area contributed by atoms with E-state index < -0.39 is 0 Å². The second-order valence-corrected chi connectivity index (χ2v) is 5.44. The van der Waals surface area contributed by atoms with E-state index in [1.807, 2.05) is 0 Å². The predicted octanol–water partition coefficient (Wildman–Crippen LogP) is 1.33. The number of hydrogen-bond acceptors (Lipinski definition) is 3. The summed E-state index contributed by atoms with van der Waals surface area (Å²) in [5, 5.41) is 2.82. The lowest BCUT2D eigenvalue weighted by atomic mass is 10.1. The number of carbonyl (C=O) groups is 2. The van der Waals surface area contributed by atoms with Crippen LogP contribution in [0.2, 0.25) is 0 Å². The Morgan fingerprint density at radius 3 is 2.82 bits per heavy atom. The highest BCUT2D eigenvalue weighted by Gasteiger charge is 2.33. The number of nitrogens with one attached hydrogen (secondary N) is 1. The summed E-state index contributed by atoms with van der Waals surface area (Å²) in [4.78, 5) is 25.7. The number of benzene rings is 1. The van der Waals surface area contributed by atoms with Crippen molar-refractivity contribution < 1.29 is 18.7 Å². The molecular formula is C16H21FN2O3. The lowest BCUT2D eigenvalue weighted by Crippen LogP contribution is -2.33. The third kappa shape index (κ3) is 4.53. The van der Waals surface area contributed by atoms with Crippen molar-refractivity contribution in [2.24, 2.45) is 5.92 Å². The first-order chi connectivity index (χ1) is 10.6. The average Bonchev–Trinajstić information content (AvgIpc) is 2.87. The van der Waals surface area contributed by atoms with Gasteiger partial charge in [-0.05, 0) is 24.1 Å². The maximum atomic E-state index is 12.9. The van der Waals surface area contributed by atoms with Gasteiger partial charge in [-0.15, -0.1) is 0 Å². The molecule has 1 atom stereocenters. The van der Waals surface area contributed by atoms with Gasteiger partial charge in [0.15, 0.2) is 0 Å². The Balaban J connectivity index is 1.82. The van der Waals surface area contributed by atoms with E-state index in [0.29, 0.717) is 26.2 Å². The number of likely N-dealkylation sites (tertiary alicyclic amines) is 1. The number of methoxy groups -OCH3 is 1. The number of rotatable bonds is 7. The monoisotopic (exact) mass is 308 g/mol. The van der Waals surface area contributed by atoms with Gasteiger partial charge in [-0.3, -0.25) is 9.59 Å². The second-order valence-electron chi connectivity index (χ2n) is 5.44. The van der Waals surface area contributed by atoms with Crippen LogP contribution < -0.4 is 5.32 Å². The van der Waals surface area contributed by atoms with Gasteiger partial charge in [-0.25, -0.2) is 4.39 Å². The fraction of sp³-hybridized carbons (Fsp3) is 0.500. The van der Waals surface area contributed by atoms with Crippen molar-refractivity contribution >= 4 is 11.8 Å². The largest absolute Gasteiger partial charge is 0.385 e. The summed E-state index contributed by atoms with van der Waals surface area (Å²) in [5.74, 6) is -0.743. The molecule has 2 rings (SSSR count). The third-order valence-corrected chi connectivity index (χ3v) is 3.70. The molecule has 1 aromatic rings. The fourth-order valence-corrected chi connectivity index (χ4v) is 2.48. The number of nitrogens with zero attached hydrogens (tertiary/aromatic N) is 1. The molecular weight excluding hydrogens is 287 g/mol. The number of ether oxygens (including phenoxy) is 1. The Kier molecular flexibility index (Phi) is 5.89. The highest BCUT2D eigenvalue weighted by Crippen LogP contribution is 2.20. The van der Waals surface area contributed by atoms with E-state index in [0.717, 1.165) is 12.0 Å². The summed E-state index contributed by atoms with van der Waals surface area (Å²) in [5.41, 5.74) is 0.857. The maximum Gasteiger partial charge on any atom is 0.225 e. The molecule has 1 N–H and O–H groups in total. The van der Waals surface area contributed by atoms with Gasteiger partial charge in [-0.1, -0.05) is 12.1 Å². The van der Waals surface area contributed by atoms with Gasteiger partial charge in [0.1, 0.15) is 5.82 Å². The van der Waals surface area contributed by atoms with E-state index in [-0.39, 0.29) is 30.0 Å². The van der Waals surface area contributed by atoms with E-state index in [4.69, 9.17) is 4.74 Å². The fourth-order valence-electron chi connectivity index (χ4n) is 2.48. The Bertz CT molecular complexity index is 519. The van der Waals surface area contributed by atoms with Crippen molar-refractivity contribution in [3.8, 4) is 0 Å². The summed E-state index contributed by atoms with van der Waals surface area (Å²) in [6.07, 6.45) is 0.986. The predicted molar refractivity (Wildman–Crippen MR) is 79.4 cm³/mol. The Morgan fingerprint density at radius 2 is 2.14 bits per heavy atom. The van der Waals surface area contributed by atoms with Crippen molar-refractivity contribution in [2.75, 3.05) is 26.8 Å². The summed E-state index contributed by atoms with van der Waals surface area (Å²) in [6, 6.07) is 6.05. The van der Waals surface area contributed by atoms with Crippen LogP contribution >= 0.6 is 0 Å². The molecule has 6 heteroatoms. The smallest absolute Gasteiger partial charge is 0.225 e. The maximum absolute atomic E-state index is 12.9. The molecule has 1 unspecified atom stereocenters. The zero-order valence-corrected chi connectivity index (χ0v) is 12.7. The molecule has 0 spiro atoms. The molecule has 120 valence electrons.